The minimum Gasteiger partial charge on any atom is -0.396 e. The Morgan fingerprint density at radius 2 is 2.38 bits per heavy atom. The van der Waals surface area contributed by atoms with E-state index in [1.165, 1.54) is 6.42 Å². The van der Waals surface area contributed by atoms with Crippen molar-refractivity contribution in [2.45, 2.75) is 45.1 Å². The van der Waals surface area contributed by atoms with Gasteiger partial charge in [-0.15, -0.1) is 0 Å². The average Bonchev–Trinajstić information content (AvgIpc) is 2.35. The fraction of sp³-hybridized carbons (Fsp3) is 0.917. The van der Waals surface area contributed by atoms with Crippen LogP contribution < -0.4 is 10.6 Å². The van der Waals surface area contributed by atoms with Gasteiger partial charge in [0.15, 0.2) is 0 Å². The Hall–Kier alpha value is -0.610. The van der Waals surface area contributed by atoms with Gasteiger partial charge in [-0.25, -0.2) is 0 Å². The van der Waals surface area contributed by atoms with Crippen LogP contribution in [0.3, 0.4) is 0 Å². The molecular formula is C12H24N2O2. The molecule has 0 bridgehead atoms. The van der Waals surface area contributed by atoms with Gasteiger partial charge in [-0.05, 0) is 31.7 Å². The number of nitrogens with one attached hydrogen (secondary N) is 2. The second-order valence-corrected chi connectivity index (χ2v) is 4.53. The number of carbonyl (C=O) groups excluding carboxylic acids is 1. The molecule has 1 saturated heterocycles. The maximum Gasteiger partial charge on any atom is 0.237 e. The predicted octanol–water partition coefficient (Wildman–Crippen LogP) is 0.653. The van der Waals surface area contributed by atoms with Crippen LogP contribution in [0.15, 0.2) is 0 Å². The lowest BCUT2D eigenvalue weighted by Crippen LogP contribution is -2.47. The van der Waals surface area contributed by atoms with Gasteiger partial charge in [-0.3, -0.25) is 4.79 Å². The molecule has 0 spiro atoms. The number of amides is 1. The van der Waals surface area contributed by atoms with Gasteiger partial charge in [0.2, 0.25) is 5.91 Å². The molecule has 4 nitrogen and oxygen atoms in total. The zero-order valence-electron chi connectivity index (χ0n) is 10.2. The van der Waals surface area contributed by atoms with Crippen LogP contribution in [0.4, 0.5) is 0 Å². The molecule has 1 amide bonds. The van der Waals surface area contributed by atoms with Crippen molar-refractivity contribution in [1.82, 2.24) is 10.6 Å². The standard InChI is InChI=1S/C12H24N2O2/c1-2-10(6-8-15)9-14-12(16)11-5-3-4-7-13-11/h10-11,13,15H,2-9H2,1H3,(H,14,16)/t10?,11-/m1/s1. The third-order valence-electron chi connectivity index (χ3n) is 3.31. The molecule has 2 atom stereocenters. The van der Waals surface area contributed by atoms with Crippen molar-refractivity contribution in [3.63, 3.8) is 0 Å². The van der Waals surface area contributed by atoms with Gasteiger partial charge in [-0.2, -0.15) is 0 Å². The fourth-order valence-corrected chi connectivity index (χ4v) is 2.08. The van der Waals surface area contributed by atoms with Gasteiger partial charge in [-0.1, -0.05) is 19.8 Å². The molecule has 94 valence electrons. The molecular weight excluding hydrogens is 204 g/mol. The molecule has 1 aliphatic rings. The highest BCUT2D eigenvalue weighted by molar-refractivity contribution is 5.81. The second-order valence-electron chi connectivity index (χ2n) is 4.53. The second kappa shape index (κ2) is 7.63. The largest absolute Gasteiger partial charge is 0.396 e. The Kier molecular flexibility index (Phi) is 6.42. The monoisotopic (exact) mass is 228 g/mol. The first-order chi connectivity index (χ1) is 7.77. The molecule has 1 unspecified atom stereocenters. The third-order valence-corrected chi connectivity index (χ3v) is 3.31. The van der Waals surface area contributed by atoms with Gasteiger partial charge in [0, 0.05) is 13.2 Å². The molecule has 0 saturated carbocycles. The molecule has 0 radical (unpaired) electrons. The van der Waals surface area contributed by atoms with Gasteiger partial charge in [0.1, 0.15) is 0 Å². The zero-order valence-corrected chi connectivity index (χ0v) is 10.2. The van der Waals surface area contributed by atoms with Crippen molar-refractivity contribution >= 4 is 5.91 Å². The average molecular weight is 228 g/mol. The van der Waals surface area contributed by atoms with E-state index in [0.29, 0.717) is 12.5 Å². The normalized spacial score (nSPS) is 22.8. The number of carbonyl (C=O) groups is 1. The highest BCUT2D eigenvalue weighted by Gasteiger charge is 2.20. The van der Waals surface area contributed by atoms with E-state index in [0.717, 1.165) is 32.2 Å². The summed E-state index contributed by atoms with van der Waals surface area (Å²) in [6.07, 6.45) is 5.03. The molecule has 1 rings (SSSR count). The Balaban J connectivity index is 2.22. The van der Waals surface area contributed by atoms with Crippen molar-refractivity contribution in [1.29, 1.82) is 0 Å². The zero-order chi connectivity index (χ0) is 11.8. The summed E-state index contributed by atoms with van der Waals surface area (Å²) in [5, 5.41) is 15.1. The Labute approximate surface area is 97.8 Å². The van der Waals surface area contributed by atoms with E-state index in [1.54, 1.807) is 0 Å². The molecule has 4 heteroatoms. The maximum atomic E-state index is 11.8. The lowest BCUT2D eigenvalue weighted by molar-refractivity contribution is -0.123. The SMILES string of the molecule is CCC(CCO)CNC(=O)[C@H]1CCCCN1. The number of aliphatic hydroxyl groups is 1. The van der Waals surface area contributed by atoms with Crippen LogP contribution in [0.5, 0.6) is 0 Å². The van der Waals surface area contributed by atoms with Crippen LogP contribution >= 0.6 is 0 Å². The summed E-state index contributed by atoms with van der Waals surface area (Å²) in [7, 11) is 0. The van der Waals surface area contributed by atoms with E-state index in [4.69, 9.17) is 5.11 Å². The van der Waals surface area contributed by atoms with E-state index >= 15 is 0 Å². The van der Waals surface area contributed by atoms with Crippen molar-refractivity contribution in [2.75, 3.05) is 19.7 Å². The van der Waals surface area contributed by atoms with E-state index in [1.807, 2.05) is 0 Å². The van der Waals surface area contributed by atoms with Gasteiger partial charge in [0.05, 0.1) is 6.04 Å². The maximum absolute atomic E-state index is 11.8. The number of hydrogen-bond acceptors (Lipinski definition) is 3. The van der Waals surface area contributed by atoms with E-state index in [-0.39, 0.29) is 18.6 Å². The Bertz CT molecular complexity index is 203. The van der Waals surface area contributed by atoms with Gasteiger partial charge < -0.3 is 15.7 Å². The summed E-state index contributed by atoms with van der Waals surface area (Å²) in [5.41, 5.74) is 0. The van der Waals surface area contributed by atoms with Crippen molar-refractivity contribution in [3.8, 4) is 0 Å². The quantitative estimate of drug-likeness (QED) is 0.625. The number of aliphatic hydroxyl groups excluding tert-OH is 1. The Morgan fingerprint density at radius 1 is 1.56 bits per heavy atom. The van der Waals surface area contributed by atoms with Crippen LogP contribution in [-0.4, -0.2) is 36.8 Å². The summed E-state index contributed by atoms with van der Waals surface area (Å²) < 4.78 is 0. The van der Waals surface area contributed by atoms with Crippen molar-refractivity contribution in [3.05, 3.63) is 0 Å². The Morgan fingerprint density at radius 3 is 2.94 bits per heavy atom. The summed E-state index contributed by atoms with van der Waals surface area (Å²) in [6.45, 7) is 3.93. The first kappa shape index (κ1) is 13.5. The van der Waals surface area contributed by atoms with Crippen LogP contribution in [-0.2, 0) is 4.79 Å². The molecule has 16 heavy (non-hydrogen) atoms. The van der Waals surface area contributed by atoms with Crippen LogP contribution in [0.2, 0.25) is 0 Å². The summed E-state index contributed by atoms with van der Waals surface area (Å²) in [4.78, 5) is 11.8. The molecule has 0 aromatic heterocycles. The molecule has 0 aliphatic carbocycles. The molecule has 1 fully saturated rings. The van der Waals surface area contributed by atoms with Crippen molar-refractivity contribution in [2.24, 2.45) is 5.92 Å². The molecule has 1 aliphatic heterocycles. The summed E-state index contributed by atoms with van der Waals surface area (Å²) >= 11 is 0. The first-order valence-electron chi connectivity index (χ1n) is 6.39. The first-order valence-corrected chi connectivity index (χ1v) is 6.39. The summed E-state index contributed by atoms with van der Waals surface area (Å²) in [5.74, 6) is 0.522. The smallest absolute Gasteiger partial charge is 0.237 e. The molecule has 1 heterocycles. The lowest BCUT2D eigenvalue weighted by Gasteiger charge is -2.23. The fourth-order valence-electron chi connectivity index (χ4n) is 2.08. The van der Waals surface area contributed by atoms with Crippen molar-refractivity contribution < 1.29 is 9.90 Å². The molecule has 0 aromatic carbocycles. The highest BCUT2D eigenvalue weighted by Crippen LogP contribution is 2.08. The van der Waals surface area contributed by atoms with E-state index < -0.39 is 0 Å². The van der Waals surface area contributed by atoms with Gasteiger partial charge in [0.25, 0.3) is 0 Å². The summed E-state index contributed by atoms with van der Waals surface area (Å²) in [6, 6.07) is 0.000354. The minimum atomic E-state index is 0.000354. The third kappa shape index (κ3) is 4.49. The van der Waals surface area contributed by atoms with Crippen LogP contribution in [0.1, 0.15) is 39.0 Å². The van der Waals surface area contributed by atoms with Gasteiger partial charge >= 0.3 is 0 Å². The van der Waals surface area contributed by atoms with E-state index in [9.17, 15) is 4.79 Å². The topological polar surface area (TPSA) is 61.4 Å². The molecule has 0 aromatic rings. The lowest BCUT2D eigenvalue weighted by atomic mass is 10.0. The number of hydrogen-bond donors (Lipinski definition) is 3. The van der Waals surface area contributed by atoms with E-state index in [2.05, 4.69) is 17.6 Å². The number of rotatable bonds is 6. The number of piperidine rings is 1. The van der Waals surface area contributed by atoms with Crippen LogP contribution in [0, 0.1) is 5.92 Å². The molecule has 3 N–H and O–H groups in total. The highest BCUT2D eigenvalue weighted by atomic mass is 16.3. The minimum absolute atomic E-state index is 0.000354. The van der Waals surface area contributed by atoms with Crippen LogP contribution in [0.25, 0.3) is 0 Å². The predicted molar refractivity (Wildman–Crippen MR) is 64.1 cm³/mol.